The maximum absolute atomic E-state index is 12.1. The number of hydrogen-bond acceptors (Lipinski definition) is 2. The molecule has 3 aromatic rings. The van der Waals surface area contributed by atoms with Crippen molar-refractivity contribution in [1.82, 2.24) is 14.6 Å². The average molecular weight is 318 g/mol. The molecule has 0 amide bonds. The summed E-state index contributed by atoms with van der Waals surface area (Å²) in [6, 6.07) is 7.93. The van der Waals surface area contributed by atoms with E-state index in [1.807, 2.05) is 37.4 Å². The van der Waals surface area contributed by atoms with E-state index < -0.39 is 0 Å². The summed E-state index contributed by atoms with van der Waals surface area (Å²) in [4.78, 5) is 16.6. The lowest BCUT2D eigenvalue weighted by Gasteiger charge is -2.02. The third-order valence-corrected chi connectivity index (χ3v) is 3.81. The van der Waals surface area contributed by atoms with Gasteiger partial charge in [-0.2, -0.15) is 0 Å². The molecule has 0 saturated carbocycles. The van der Waals surface area contributed by atoms with Crippen LogP contribution in [0, 0.1) is 13.8 Å². The number of hydrogen-bond donors (Lipinski definition) is 1. The van der Waals surface area contributed by atoms with Crippen molar-refractivity contribution in [3.63, 3.8) is 0 Å². The minimum Gasteiger partial charge on any atom is -0.296 e. The fourth-order valence-corrected chi connectivity index (χ4v) is 2.31. The zero-order valence-electron chi connectivity index (χ0n) is 10.6. The van der Waals surface area contributed by atoms with E-state index in [-0.39, 0.29) is 5.56 Å². The van der Waals surface area contributed by atoms with Gasteiger partial charge in [0.25, 0.3) is 5.56 Å². The number of halogens is 1. The SMILES string of the molecule is Cc1nc2c(-c3ccc(Br)cc3)c[nH]n2c(=O)c1C. The molecule has 1 aromatic carbocycles. The molecule has 3 rings (SSSR count). The van der Waals surface area contributed by atoms with Crippen LogP contribution in [0.2, 0.25) is 0 Å². The molecule has 1 N–H and O–H groups in total. The molecule has 0 saturated heterocycles. The van der Waals surface area contributed by atoms with Crippen molar-refractivity contribution in [3.05, 3.63) is 56.5 Å². The molecule has 0 fully saturated rings. The van der Waals surface area contributed by atoms with E-state index in [9.17, 15) is 4.79 Å². The van der Waals surface area contributed by atoms with Gasteiger partial charge in [0.2, 0.25) is 0 Å². The van der Waals surface area contributed by atoms with E-state index in [1.54, 1.807) is 6.92 Å². The summed E-state index contributed by atoms with van der Waals surface area (Å²) in [5, 5.41) is 2.97. The zero-order chi connectivity index (χ0) is 13.6. The summed E-state index contributed by atoms with van der Waals surface area (Å²) in [5.74, 6) is 0. The van der Waals surface area contributed by atoms with Crippen LogP contribution in [-0.4, -0.2) is 14.6 Å². The maximum atomic E-state index is 12.1. The molecule has 0 bridgehead atoms. The van der Waals surface area contributed by atoms with Crippen LogP contribution in [0.1, 0.15) is 11.3 Å². The summed E-state index contributed by atoms with van der Waals surface area (Å²) in [6.45, 7) is 3.65. The smallest absolute Gasteiger partial charge is 0.275 e. The quantitative estimate of drug-likeness (QED) is 0.750. The van der Waals surface area contributed by atoms with E-state index in [0.717, 1.165) is 21.3 Å². The molecule has 19 heavy (non-hydrogen) atoms. The first-order valence-electron chi connectivity index (χ1n) is 5.91. The van der Waals surface area contributed by atoms with Gasteiger partial charge < -0.3 is 0 Å². The predicted octanol–water partition coefficient (Wildman–Crippen LogP) is 3.07. The van der Waals surface area contributed by atoms with Gasteiger partial charge >= 0.3 is 0 Å². The molecule has 2 heterocycles. The molecule has 5 heteroatoms. The molecule has 0 atom stereocenters. The van der Waals surface area contributed by atoms with Crippen LogP contribution in [0.5, 0.6) is 0 Å². The summed E-state index contributed by atoms with van der Waals surface area (Å²) < 4.78 is 2.51. The summed E-state index contributed by atoms with van der Waals surface area (Å²) in [6.07, 6.45) is 1.81. The zero-order valence-corrected chi connectivity index (χ0v) is 12.2. The van der Waals surface area contributed by atoms with Gasteiger partial charge in [0.15, 0.2) is 5.65 Å². The Bertz CT molecular complexity index is 815. The molecular weight excluding hydrogens is 306 g/mol. The average Bonchev–Trinajstić information content (AvgIpc) is 2.81. The Kier molecular flexibility index (Phi) is 2.78. The van der Waals surface area contributed by atoms with Gasteiger partial charge in [0.1, 0.15) is 0 Å². The van der Waals surface area contributed by atoms with Crippen molar-refractivity contribution < 1.29 is 0 Å². The lowest BCUT2D eigenvalue weighted by molar-refractivity contribution is 0.873. The van der Waals surface area contributed by atoms with Crippen LogP contribution in [0.15, 0.2) is 39.7 Å². The number of aromatic amines is 1. The maximum Gasteiger partial charge on any atom is 0.275 e. The van der Waals surface area contributed by atoms with Crippen LogP contribution in [-0.2, 0) is 0 Å². The summed E-state index contributed by atoms with van der Waals surface area (Å²) in [5.41, 5.74) is 4.00. The normalized spacial score (nSPS) is 11.1. The molecular formula is C14H12BrN3O. The molecule has 96 valence electrons. The van der Waals surface area contributed by atoms with Crippen molar-refractivity contribution in [2.24, 2.45) is 0 Å². The number of aryl methyl sites for hydroxylation is 1. The second-order valence-electron chi connectivity index (χ2n) is 4.48. The number of nitrogens with zero attached hydrogens (tertiary/aromatic N) is 2. The highest BCUT2D eigenvalue weighted by atomic mass is 79.9. The molecule has 0 aliphatic carbocycles. The number of fused-ring (bicyclic) bond motifs is 1. The number of nitrogens with one attached hydrogen (secondary N) is 1. The number of rotatable bonds is 1. The highest BCUT2D eigenvalue weighted by Crippen LogP contribution is 2.24. The monoisotopic (exact) mass is 317 g/mol. The van der Waals surface area contributed by atoms with Gasteiger partial charge in [-0.15, -0.1) is 0 Å². The van der Waals surface area contributed by atoms with E-state index in [4.69, 9.17) is 0 Å². The van der Waals surface area contributed by atoms with Crippen LogP contribution in [0.25, 0.3) is 16.8 Å². The summed E-state index contributed by atoms with van der Waals surface area (Å²) in [7, 11) is 0. The number of H-pyrrole nitrogens is 1. The Balaban J connectivity index is 2.32. The largest absolute Gasteiger partial charge is 0.296 e. The van der Waals surface area contributed by atoms with E-state index in [0.29, 0.717) is 11.2 Å². The van der Waals surface area contributed by atoms with Crippen molar-refractivity contribution in [1.29, 1.82) is 0 Å². The molecule has 0 aliphatic heterocycles. The first kappa shape index (κ1) is 12.2. The predicted molar refractivity (Wildman–Crippen MR) is 78.4 cm³/mol. The van der Waals surface area contributed by atoms with Gasteiger partial charge in [0, 0.05) is 27.5 Å². The van der Waals surface area contributed by atoms with Gasteiger partial charge in [-0.25, -0.2) is 9.50 Å². The Morgan fingerprint density at radius 2 is 1.89 bits per heavy atom. The highest BCUT2D eigenvalue weighted by molar-refractivity contribution is 9.10. The van der Waals surface area contributed by atoms with E-state index in [1.165, 1.54) is 4.52 Å². The minimum atomic E-state index is -0.0501. The highest BCUT2D eigenvalue weighted by Gasteiger charge is 2.12. The Morgan fingerprint density at radius 3 is 2.58 bits per heavy atom. The third-order valence-electron chi connectivity index (χ3n) is 3.29. The lowest BCUT2D eigenvalue weighted by atomic mass is 10.1. The fraction of sp³-hybridized carbons (Fsp3) is 0.143. The third kappa shape index (κ3) is 1.90. The van der Waals surface area contributed by atoms with Crippen molar-refractivity contribution in [2.75, 3.05) is 0 Å². The van der Waals surface area contributed by atoms with Crippen molar-refractivity contribution in [2.45, 2.75) is 13.8 Å². The van der Waals surface area contributed by atoms with Crippen LogP contribution in [0.4, 0.5) is 0 Å². The molecule has 0 radical (unpaired) electrons. The number of aromatic nitrogens is 3. The summed E-state index contributed by atoms with van der Waals surface area (Å²) >= 11 is 3.41. The van der Waals surface area contributed by atoms with Crippen molar-refractivity contribution >= 4 is 21.6 Å². The van der Waals surface area contributed by atoms with Crippen LogP contribution in [0.3, 0.4) is 0 Å². The Morgan fingerprint density at radius 1 is 1.21 bits per heavy atom. The topological polar surface area (TPSA) is 50.2 Å². The molecule has 2 aromatic heterocycles. The van der Waals surface area contributed by atoms with Crippen LogP contribution >= 0.6 is 15.9 Å². The van der Waals surface area contributed by atoms with Gasteiger partial charge in [-0.05, 0) is 31.5 Å². The van der Waals surface area contributed by atoms with E-state index in [2.05, 4.69) is 26.0 Å². The lowest BCUT2D eigenvalue weighted by Crippen LogP contribution is -2.19. The first-order chi connectivity index (χ1) is 9.08. The minimum absolute atomic E-state index is 0.0501. The molecule has 0 unspecified atom stereocenters. The fourth-order valence-electron chi connectivity index (χ4n) is 2.05. The van der Waals surface area contributed by atoms with Gasteiger partial charge in [-0.3, -0.25) is 9.89 Å². The molecule has 4 nitrogen and oxygen atoms in total. The Hall–Kier alpha value is -1.88. The standard InChI is InChI=1S/C14H12BrN3O/c1-8-9(2)17-13-12(7-16-18(13)14(8)19)10-3-5-11(15)6-4-10/h3-7,16H,1-2H3. The van der Waals surface area contributed by atoms with E-state index >= 15 is 0 Å². The second kappa shape index (κ2) is 4.35. The number of benzene rings is 1. The molecule has 0 spiro atoms. The Labute approximate surface area is 118 Å². The second-order valence-corrected chi connectivity index (χ2v) is 5.40. The first-order valence-corrected chi connectivity index (χ1v) is 6.70. The van der Waals surface area contributed by atoms with Crippen molar-refractivity contribution in [3.8, 4) is 11.1 Å². The van der Waals surface area contributed by atoms with Gasteiger partial charge in [-0.1, -0.05) is 28.1 Å². The van der Waals surface area contributed by atoms with Gasteiger partial charge in [0.05, 0.1) is 0 Å². The van der Waals surface area contributed by atoms with Crippen LogP contribution < -0.4 is 5.56 Å². The molecule has 0 aliphatic rings.